The van der Waals surface area contributed by atoms with E-state index in [9.17, 15) is 15.2 Å². The first-order valence-electron chi connectivity index (χ1n) is 11.9. The molecule has 186 valence electrons. The zero-order chi connectivity index (χ0) is 26.9. The second kappa shape index (κ2) is 12.2. The fourth-order valence-electron chi connectivity index (χ4n) is 4.21. The van der Waals surface area contributed by atoms with Crippen LogP contribution < -0.4 is 10.4 Å². The average molecular weight is 500 g/mol. The van der Waals surface area contributed by atoms with E-state index in [1.54, 1.807) is 6.07 Å². The highest BCUT2D eigenvalue weighted by atomic mass is 16.5. The maximum atomic E-state index is 12.6. The van der Waals surface area contributed by atoms with Gasteiger partial charge in [0.05, 0.1) is 20.3 Å². The van der Waals surface area contributed by atoms with Gasteiger partial charge in [0.1, 0.15) is 11.6 Å². The van der Waals surface area contributed by atoms with E-state index in [-0.39, 0.29) is 12.2 Å². The minimum atomic E-state index is -0.724. The molecule has 0 saturated heterocycles. The first-order chi connectivity index (χ1) is 18.6. The molecule has 0 radical (unpaired) electrons. The molecule has 0 fully saturated rings. The summed E-state index contributed by atoms with van der Waals surface area (Å²) in [4.78, 5) is 18.3. The third kappa shape index (κ3) is 5.63. The second-order valence-electron chi connectivity index (χ2n) is 8.39. The number of ether oxygens (including phenoxy) is 1. The number of aliphatic hydroxyl groups excluding tert-OH is 1. The van der Waals surface area contributed by atoms with Crippen LogP contribution in [-0.4, -0.2) is 36.2 Å². The van der Waals surface area contributed by atoms with E-state index < -0.39 is 5.97 Å². The van der Waals surface area contributed by atoms with Crippen molar-refractivity contribution in [2.45, 2.75) is 0 Å². The van der Waals surface area contributed by atoms with E-state index in [1.165, 1.54) is 7.11 Å². The Kier molecular flexibility index (Phi) is 8.31. The Labute approximate surface area is 221 Å². The Morgan fingerprint density at radius 1 is 1.00 bits per heavy atom. The third-order valence-corrected chi connectivity index (χ3v) is 6.07. The summed E-state index contributed by atoms with van der Waals surface area (Å²) in [5.41, 5.74) is 4.12. The molecule has 38 heavy (non-hydrogen) atoms. The van der Waals surface area contributed by atoms with Crippen molar-refractivity contribution in [3.05, 3.63) is 131 Å². The predicted molar refractivity (Wildman–Crippen MR) is 148 cm³/mol. The van der Waals surface area contributed by atoms with Gasteiger partial charge < -0.3 is 14.7 Å². The summed E-state index contributed by atoms with van der Waals surface area (Å²) in [7, 11) is 1.25. The van der Waals surface area contributed by atoms with Crippen molar-refractivity contribution in [3.63, 3.8) is 0 Å². The maximum absolute atomic E-state index is 12.6. The summed E-state index contributed by atoms with van der Waals surface area (Å²) in [6, 6.07) is 24.7. The summed E-state index contributed by atoms with van der Waals surface area (Å²) in [5.74, 6) is -0.724. The molecule has 6 nitrogen and oxygen atoms in total. The molecule has 3 aromatic rings. The molecule has 1 aliphatic rings. The van der Waals surface area contributed by atoms with Gasteiger partial charge in [0.2, 0.25) is 0 Å². The van der Waals surface area contributed by atoms with Crippen molar-refractivity contribution in [3.8, 4) is 28.3 Å². The van der Waals surface area contributed by atoms with Crippen LogP contribution in [0.4, 0.5) is 0 Å². The van der Waals surface area contributed by atoms with Crippen LogP contribution >= 0.6 is 0 Å². The van der Waals surface area contributed by atoms with Crippen LogP contribution in [0.5, 0.6) is 0 Å². The highest BCUT2D eigenvalue weighted by Crippen LogP contribution is 2.22. The lowest BCUT2D eigenvalue weighted by molar-refractivity contribution is -0.133. The molecule has 0 spiro atoms. The van der Waals surface area contributed by atoms with Crippen molar-refractivity contribution in [2.24, 2.45) is 0 Å². The summed E-state index contributed by atoms with van der Waals surface area (Å²) >= 11 is 0. The fourth-order valence-corrected chi connectivity index (χ4v) is 4.21. The van der Waals surface area contributed by atoms with Crippen molar-refractivity contribution >= 4 is 17.2 Å². The molecule has 0 saturated carbocycles. The molecule has 6 heteroatoms. The quantitative estimate of drug-likeness (QED) is 0.407. The van der Waals surface area contributed by atoms with Crippen LogP contribution in [-0.2, 0) is 9.53 Å². The summed E-state index contributed by atoms with van der Waals surface area (Å²) in [6.45, 7) is 8.57. The third-order valence-electron chi connectivity index (χ3n) is 6.07. The van der Waals surface area contributed by atoms with Gasteiger partial charge in [-0.25, -0.2) is 9.64 Å². The number of hydrogen-bond acceptors (Lipinski definition) is 5. The zero-order valence-electron chi connectivity index (χ0n) is 20.8. The molecule has 1 heterocycles. The number of nitriles is 1. The largest absolute Gasteiger partial charge is 0.465 e. The molecule has 4 rings (SSSR count). The fraction of sp³-hybridized carbons (Fsp3) is 0.0938. The molecule has 0 amide bonds. The Hall–Kier alpha value is -5.17. The van der Waals surface area contributed by atoms with Gasteiger partial charge in [0.15, 0.2) is 5.70 Å². The van der Waals surface area contributed by atoms with Gasteiger partial charge >= 0.3 is 5.97 Å². The number of carbonyl (C=O) groups excluding carboxylic acids is 1. The molecule has 0 aliphatic carbocycles. The van der Waals surface area contributed by atoms with Gasteiger partial charge in [-0.05, 0) is 57.3 Å². The van der Waals surface area contributed by atoms with Crippen molar-refractivity contribution in [2.75, 3.05) is 20.3 Å². The number of rotatable bonds is 6. The number of carbonyl (C=O) groups is 1. The van der Waals surface area contributed by atoms with Crippen LogP contribution in [0, 0.1) is 17.9 Å². The number of aliphatic hydroxyl groups is 1. The number of benzene rings is 3. The van der Waals surface area contributed by atoms with E-state index >= 15 is 0 Å². The first kappa shape index (κ1) is 25.9. The number of β-amino-alcohol motifs (C(OH)–C–C–N with tert-alkyl or cyclic N) is 1. The SMILES string of the molecule is [C-]#[N+]C(C=C1C=CN(CCO)C=C1)=c1cc(-c2ccccc2)c(=C(C#N)C(=O)OC)cc1-c1ccccc1. The van der Waals surface area contributed by atoms with Crippen molar-refractivity contribution in [1.82, 2.24) is 4.90 Å². The number of esters is 1. The molecule has 3 aromatic carbocycles. The Morgan fingerprint density at radius 3 is 2.05 bits per heavy atom. The lowest BCUT2D eigenvalue weighted by Crippen LogP contribution is -2.22. The van der Waals surface area contributed by atoms with E-state index in [4.69, 9.17) is 11.3 Å². The van der Waals surface area contributed by atoms with Gasteiger partial charge in [-0.1, -0.05) is 66.7 Å². The highest BCUT2D eigenvalue weighted by Gasteiger charge is 2.16. The molecule has 0 bridgehead atoms. The maximum Gasteiger partial charge on any atom is 0.349 e. The minimum absolute atomic E-state index is 0.0372. The Bertz CT molecular complexity index is 1620. The van der Waals surface area contributed by atoms with E-state index in [0.29, 0.717) is 33.8 Å². The molecule has 0 unspecified atom stereocenters. The molecule has 1 N–H and O–H groups in total. The zero-order valence-corrected chi connectivity index (χ0v) is 20.8. The van der Waals surface area contributed by atoms with Gasteiger partial charge in [0, 0.05) is 24.2 Å². The minimum Gasteiger partial charge on any atom is -0.465 e. The smallest absolute Gasteiger partial charge is 0.349 e. The number of allylic oxidation sites excluding steroid dienone is 3. The van der Waals surface area contributed by atoms with Gasteiger partial charge in [0.25, 0.3) is 0 Å². The van der Waals surface area contributed by atoms with Crippen LogP contribution in [0.15, 0.2) is 109 Å². The van der Waals surface area contributed by atoms with Crippen molar-refractivity contribution < 1.29 is 14.6 Å². The highest BCUT2D eigenvalue weighted by molar-refractivity contribution is 6.16. The van der Waals surface area contributed by atoms with E-state index in [0.717, 1.165) is 16.7 Å². The molecule has 0 aromatic heterocycles. The summed E-state index contributed by atoms with van der Waals surface area (Å²) < 4.78 is 4.92. The molecule has 1 aliphatic heterocycles. The Balaban J connectivity index is 2.11. The van der Waals surface area contributed by atoms with E-state index in [2.05, 4.69) is 4.85 Å². The lowest BCUT2D eigenvalue weighted by Gasteiger charge is -2.17. The van der Waals surface area contributed by atoms with Crippen LogP contribution in [0.25, 0.3) is 38.4 Å². The van der Waals surface area contributed by atoms with Crippen molar-refractivity contribution in [1.29, 1.82) is 5.26 Å². The number of methoxy groups -OCH3 is 1. The van der Waals surface area contributed by atoms with Crippen LogP contribution in [0.2, 0.25) is 0 Å². The second-order valence-corrected chi connectivity index (χ2v) is 8.39. The van der Waals surface area contributed by atoms with Gasteiger partial charge in [-0.15, -0.1) is 0 Å². The Morgan fingerprint density at radius 2 is 1.55 bits per heavy atom. The number of hydrogen-bond donors (Lipinski definition) is 1. The van der Waals surface area contributed by atoms with E-state index in [1.807, 2.05) is 108 Å². The lowest BCUT2D eigenvalue weighted by atomic mass is 9.93. The molecule has 0 atom stereocenters. The van der Waals surface area contributed by atoms with Crippen LogP contribution in [0.3, 0.4) is 0 Å². The number of nitrogens with zero attached hydrogens (tertiary/aromatic N) is 3. The first-order valence-corrected chi connectivity index (χ1v) is 11.9. The summed E-state index contributed by atoms with van der Waals surface area (Å²) in [6.07, 6.45) is 9.28. The van der Waals surface area contributed by atoms with Gasteiger partial charge in [-0.3, -0.25) is 0 Å². The monoisotopic (exact) mass is 499 g/mol. The van der Waals surface area contributed by atoms with Gasteiger partial charge in [-0.2, -0.15) is 5.26 Å². The van der Waals surface area contributed by atoms with Crippen LogP contribution in [0.1, 0.15) is 0 Å². The average Bonchev–Trinajstić information content (AvgIpc) is 2.98. The predicted octanol–water partition coefficient (Wildman–Crippen LogP) is 4.16. The normalized spacial score (nSPS) is 13.8. The topological polar surface area (TPSA) is 77.9 Å². The standard InChI is InChI=1S/C32H25N3O3/c1-34-31(19-23-13-15-35(16-14-23)17-18-36)29-21-26(24-9-5-3-6-10-24)28(30(22-33)32(37)38-2)20-27(29)25-11-7-4-8-12-25/h3-16,19-21,36H,17-18H2,2H3. The molecular weight excluding hydrogens is 474 g/mol. The summed E-state index contributed by atoms with van der Waals surface area (Å²) in [5, 5.41) is 20.2. The molecular formula is C32H25N3O3.